The smallest absolute Gasteiger partial charge is 0.209 e. The monoisotopic (exact) mass is 414 g/mol. The molecule has 0 amide bonds. The van der Waals surface area contributed by atoms with E-state index >= 15 is 0 Å². The Labute approximate surface area is 157 Å². The number of hydrogen-bond donors (Lipinski definition) is 0. The van der Waals surface area contributed by atoms with Gasteiger partial charge in [0.15, 0.2) is 0 Å². The van der Waals surface area contributed by atoms with Gasteiger partial charge in [-0.25, -0.2) is 4.68 Å². The summed E-state index contributed by atoms with van der Waals surface area (Å²) in [7, 11) is 0. The van der Waals surface area contributed by atoms with Crippen LogP contribution in [0.1, 0.15) is 5.56 Å². The predicted molar refractivity (Wildman–Crippen MR) is 98.6 cm³/mol. The zero-order chi connectivity index (χ0) is 17.2. The van der Waals surface area contributed by atoms with Gasteiger partial charge in [-0.3, -0.25) is 0 Å². The van der Waals surface area contributed by atoms with Crippen molar-refractivity contribution in [1.82, 2.24) is 30.0 Å². The summed E-state index contributed by atoms with van der Waals surface area (Å²) in [5.41, 5.74) is 2.63. The molecule has 25 heavy (non-hydrogen) atoms. The largest absolute Gasteiger partial charge is 0.224 e. The second kappa shape index (κ2) is 6.78. The van der Waals surface area contributed by atoms with Crippen LogP contribution in [0.15, 0.2) is 65.4 Å². The molecule has 2 aromatic carbocycles. The zero-order valence-electron chi connectivity index (χ0n) is 12.9. The first-order valence-corrected chi connectivity index (χ1v) is 8.70. The number of halogens is 2. The lowest BCUT2D eigenvalue weighted by atomic mass is 10.2. The van der Waals surface area contributed by atoms with Gasteiger partial charge in [0.25, 0.3) is 0 Å². The van der Waals surface area contributed by atoms with Gasteiger partial charge in [0.05, 0.1) is 29.0 Å². The minimum absolute atomic E-state index is 0.501. The molecule has 4 rings (SSSR count). The molecule has 0 aliphatic rings. The average molecular weight is 416 g/mol. The molecular formula is C17H12BrClN6. The molecule has 2 heterocycles. The Bertz CT molecular complexity index is 1010. The molecular weight excluding hydrogens is 404 g/mol. The second-order valence-corrected chi connectivity index (χ2v) is 6.50. The standard InChI is InChI=1S/C17H12BrClN6/c18-16-13(10-20-25(16)15-9-5-4-8-14(15)19)17-21-23-24(22-17)11-12-6-2-1-3-7-12/h1-10H,11H2. The fraction of sp³-hybridized carbons (Fsp3) is 0.0588. The van der Waals surface area contributed by atoms with E-state index in [1.165, 1.54) is 0 Å². The van der Waals surface area contributed by atoms with Crippen LogP contribution in [0.25, 0.3) is 17.1 Å². The number of benzene rings is 2. The molecule has 0 saturated heterocycles. The van der Waals surface area contributed by atoms with E-state index < -0.39 is 0 Å². The zero-order valence-corrected chi connectivity index (χ0v) is 15.3. The van der Waals surface area contributed by atoms with E-state index in [9.17, 15) is 0 Å². The van der Waals surface area contributed by atoms with Gasteiger partial charge in [0, 0.05) is 0 Å². The van der Waals surface area contributed by atoms with Gasteiger partial charge >= 0.3 is 0 Å². The fourth-order valence-electron chi connectivity index (χ4n) is 2.44. The average Bonchev–Trinajstić information content (AvgIpc) is 3.23. The third kappa shape index (κ3) is 3.20. The van der Waals surface area contributed by atoms with E-state index in [1.807, 2.05) is 54.6 Å². The van der Waals surface area contributed by atoms with Gasteiger partial charge in [-0.15, -0.1) is 10.2 Å². The van der Waals surface area contributed by atoms with Gasteiger partial charge in [0.2, 0.25) is 5.82 Å². The lowest BCUT2D eigenvalue weighted by Gasteiger charge is -2.05. The molecule has 0 aliphatic carbocycles. The number of hydrogen-bond acceptors (Lipinski definition) is 4. The van der Waals surface area contributed by atoms with Crippen molar-refractivity contribution in [2.24, 2.45) is 0 Å². The molecule has 0 N–H and O–H groups in total. The SMILES string of the molecule is Clc1ccccc1-n1ncc(-c2nnn(Cc3ccccc3)n2)c1Br. The summed E-state index contributed by atoms with van der Waals surface area (Å²) < 4.78 is 2.43. The van der Waals surface area contributed by atoms with E-state index in [0.717, 1.165) is 21.4 Å². The third-order valence-electron chi connectivity index (χ3n) is 3.65. The summed E-state index contributed by atoms with van der Waals surface area (Å²) in [6.45, 7) is 0.560. The Kier molecular flexibility index (Phi) is 4.33. The maximum absolute atomic E-state index is 6.25. The quantitative estimate of drug-likeness (QED) is 0.506. The Balaban J connectivity index is 1.64. The molecule has 8 heteroatoms. The number of nitrogens with zero attached hydrogens (tertiary/aromatic N) is 6. The van der Waals surface area contributed by atoms with Crippen LogP contribution < -0.4 is 0 Å². The third-order valence-corrected chi connectivity index (χ3v) is 4.73. The number of aromatic nitrogens is 6. The molecule has 0 fully saturated rings. The van der Waals surface area contributed by atoms with Crippen molar-refractivity contribution in [2.45, 2.75) is 6.54 Å². The molecule has 0 atom stereocenters. The highest BCUT2D eigenvalue weighted by molar-refractivity contribution is 9.10. The molecule has 0 saturated carbocycles. The Morgan fingerprint density at radius 3 is 2.56 bits per heavy atom. The number of rotatable bonds is 4. The molecule has 2 aromatic heterocycles. The fourth-order valence-corrected chi connectivity index (χ4v) is 3.22. The molecule has 0 spiro atoms. The number of para-hydroxylation sites is 1. The first-order chi connectivity index (χ1) is 12.2. The van der Waals surface area contributed by atoms with Crippen LogP contribution in [0, 0.1) is 0 Å². The van der Waals surface area contributed by atoms with Crippen molar-refractivity contribution in [3.05, 3.63) is 76.0 Å². The van der Waals surface area contributed by atoms with Crippen molar-refractivity contribution in [3.63, 3.8) is 0 Å². The van der Waals surface area contributed by atoms with Crippen LogP contribution in [0.4, 0.5) is 0 Å². The molecule has 6 nitrogen and oxygen atoms in total. The van der Waals surface area contributed by atoms with E-state index in [1.54, 1.807) is 15.7 Å². The van der Waals surface area contributed by atoms with Crippen molar-refractivity contribution in [1.29, 1.82) is 0 Å². The van der Waals surface area contributed by atoms with Crippen LogP contribution in [0.5, 0.6) is 0 Å². The summed E-state index contributed by atoms with van der Waals surface area (Å²) in [4.78, 5) is 1.56. The van der Waals surface area contributed by atoms with Crippen molar-refractivity contribution < 1.29 is 0 Å². The topological polar surface area (TPSA) is 61.4 Å². The van der Waals surface area contributed by atoms with Crippen LogP contribution in [0.2, 0.25) is 5.02 Å². The van der Waals surface area contributed by atoms with E-state index in [0.29, 0.717) is 17.4 Å². The second-order valence-electron chi connectivity index (χ2n) is 5.34. The molecule has 0 aliphatic heterocycles. The maximum Gasteiger partial charge on any atom is 0.209 e. The van der Waals surface area contributed by atoms with Gasteiger partial charge in [-0.2, -0.15) is 9.90 Å². The van der Waals surface area contributed by atoms with Gasteiger partial charge in [-0.1, -0.05) is 54.1 Å². The summed E-state index contributed by atoms with van der Waals surface area (Å²) >= 11 is 9.81. The van der Waals surface area contributed by atoms with Crippen LogP contribution in [0.3, 0.4) is 0 Å². The van der Waals surface area contributed by atoms with Crippen molar-refractivity contribution in [3.8, 4) is 17.1 Å². The molecule has 124 valence electrons. The summed E-state index contributed by atoms with van der Waals surface area (Å²) in [5.74, 6) is 0.501. The molecule has 0 unspecified atom stereocenters. The van der Waals surface area contributed by atoms with Crippen molar-refractivity contribution in [2.75, 3.05) is 0 Å². The summed E-state index contributed by atoms with van der Waals surface area (Å²) in [6, 6.07) is 17.5. The Hall–Kier alpha value is -2.51. The molecule has 0 radical (unpaired) electrons. The maximum atomic E-state index is 6.25. The number of tetrazole rings is 1. The highest BCUT2D eigenvalue weighted by Crippen LogP contribution is 2.30. The van der Waals surface area contributed by atoms with Gasteiger partial charge in [0.1, 0.15) is 4.60 Å². The van der Waals surface area contributed by atoms with Crippen LogP contribution >= 0.6 is 27.5 Å². The normalized spacial score (nSPS) is 11.0. The highest BCUT2D eigenvalue weighted by Gasteiger charge is 2.17. The van der Waals surface area contributed by atoms with E-state index in [2.05, 4.69) is 36.4 Å². The first kappa shape index (κ1) is 16.0. The van der Waals surface area contributed by atoms with Crippen LogP contribution in [-0.4, -0.2) is 30.0 Å². The summed E-state index contributed by atoms with van der Waals surface area (Å²) in [5, 5.41) is 17.7. The van der Waals surface area contributed by atoms with Gasteiger partial charge < -0.3 is 0 Å². The molecule has 0 bridgehead atoms. The van der Waals surface area contributed by atoms with Crippen LogP contribution in [-0.2, 0) is 6.54 Å². The van der Waals surface area contributed by atoms with E-state index in [-0.39, 0.29) is 0 Å². The highest BCUT2D eigenvalue weighted by atomic mass is 79.9. The minimum atomic E-state index is 0.501. The Morgan fingerprint density at radius 2 is 1.76 bits per heavy atom. The lowest BCUT2D eigenvalue weighted by Crippen LogP contribution is -2.03. The van der Waals surface area contributed by atoms with Crippen molar-refractivity contribution >= 4 is 27.5 Å². The first-order valence-electron chi connectivity index (χ1n) is 7.53. The summed E-state index contributed by atoms with van der Waals surface area (Å²) in [6.07, 6.45) is 1.69. The lowest BCUT2D eigenvalue weighted by molar-refractivity contribution is 0.573. The predicted octanol–water partition coefficient (Wildman–Crippen LogP) is 3.99. The minimum Gasteiger partial charge on any atom is -0.224 e. The molecule has 4 aromatic rings. The van der Waals surface area contributed by atoms with E-state index in [4.69, 9.17) is 11.6 Å². The van der Waals surface area contributed by atoms with Gasteiger partial charge in [-0.05, 0) is 38.8 Å². The Morgan fingerprint density at radius 1 is 1.00 bits per heavy atom.